The van der Waals surface area contributed by atoms with Crippen molar-refractivity contribution in [3.8, 4) is 0 Å². The third kappa shape index (κ3) is 3.27. The van der Waals surface area contributed by atoms with E-state index in [1.165, 1.54) is 6.07 Å². The lowest BCUT2D eigenvalue weighted by Crippen LogP contribution is -2.06. The molecule has 0 radical (unpaired) electrons. The van der Waals surface area contributed by atoms with Crippen LogP contribution >= 0.6 is 15.9 Å². The molecule has 106 valence electrons. The lowest BCUT2D eigenvalue weighted by Gasteiger charge is -2.11. The first-order chi connectivity index (χ1) is 9.27. The van der Waals surface area contributed by atoms with Gasteiger partial charge in [-0.25, -0.2) is 9.37 Å². The van der Waals surface area contributed by atoms with Crippen molar-refractivity contribution in [3.63, 3.8) is 0 Å². The molecule has 1 aromatic carbocycles. The molecule has 2 rings (SSSR count). The summed E-state index contributed by atoms with van der Waals surface area (Å²) >= 11 is 3.25. The van der Waals surface area contributed by atoms with Crippen LogP contribution in [0.3, 0.4) is 0 Å². The molecule has 0 amide bonds. The highest BCUT2D eigenvalue weighted by Crippen LogP contribution is 2.32. The van der Waals surface area contributed by atoms with Gasteiger partial charge >= 0.3 is 6.18 Å². The smallest absolute Gasteiger partial charge is 0.338 e. The van der Waals surface area contributed by atoms with Crippen LogP contribution in [-0.2, 0) is 6.18 Å². The number of rotatable bonds is 2. The van der Waals surface area contributed by atoms with E-state index in [9.17, 15) is 17.6 Å². The minimum Gasteiger partial charge on any atom is -0.338 e. The summed E-state index contributed by atoms with van der Waals surface area (Å²) in [4.78, 5) is 4.10. The third-order valence-corrected chi connectivity index (χ3v) is 3.42. The molecule has 0 saturated heterocycles. The minimum atomic E-state index is -4.52. The summed E-state index contributed by atoms with van der Waals surface area (Å²) in [6.07, 6.45) is -4.52. The second-order valence-corrected chi connectivity index (χ2v) is 4.94. The Morgan fingerprint density at radius 2 is 1.85 bits per heavy atom. The Kier molecular flexibility index (Phi) is 3.99. The largest absolute Gasteiger partial charge is 0.416 e. The molecule has 2 nitrogen and oxygen atoms in total. The molecule has 0 saturated carbocycles. The van der Waals surface area contributed by atoms with Gasteiger partial charge in [0.1, 0.15) is 11.6 Å². The van der Waals surface area contributed by atoms with E-state index in [1.807, 2.05) is 0 Å². The monoisotopic (exact) mass is 348 g/mol. The standard InChI is InChI=1S/C13H9BrF4N2/c1-7-9(14)3-5-12(19-7)20-11-6-8(13(16,17)18)2-4-10(11)15/h2-6H,1H3,(H,19,20). The fourth-order valence-electron chi connectivity index (χ4n) is 1.55. The predicted octanol–water partition coefficient (Wildman–Crippen LogP) is 5.05. The van der Waals surface area contributed by atoms with Crippen molar-refractivity contribution >= 4 is 27.4 Å². The second-order valence-electron chi connectivity index (χ2n) is 4.08. The molecule has 0 aliphatic carbocycles. The average Bonchev–Trinajstić information content (AvgIpc) is 2.35. The second kappa shape index (κ2) is 5.40. The van der Waals surface area contributed by atoms with Gasteiger partial charge in [-0.05, 0) is 53.2 Å². The van der Waals surface area contributed by atoms with Crippen molar-refractivity contribution in [3.05, 3.63) is 51.9 Å². The Labute approximate surface area is 121 Å². The summed E-state index contributed by atoms with van der Waals surface area (Å²) in [5, 5.41) is 2.55. The van der Waals surface area contributed by atoms with Gasteiger partial charge in [-0.3, -0.25) is 0 Å². The number of anilines is 2. The van der Waals surface area contributed by atoms with Crippen molar-refractivity contribution in [1.82, 2.24) is 4.98 Å². The van der Waals surface area contributed by atoms with E-state index in [1.54, 1.807) is 13.0 Å². The highest BCUT2D eigenvalue weighted by atomic mass is 79.9. The van der Waals surface area contributed by atoms with Gasteiger partial charge in [0.2, 0.25) is 0 Å². The van der Waals surface area contributed by atoms with E-state index >= 15 is 0 Å². The number of nitrogens with zero attached hydrogens (tertiary/aromatic N) is 1. The lowest BCUT2D eigenvalue weighted by atomic mass is 10.2. The zero-order valence-electron chi connectivity index (χ0n) is 10.2. The normalized spacial score (nSPS) is 11.5. The first-order valence-electron chi connectivity index (χ1n) is 5.54. The molecule has 0 aliphatic rings. The lowest BCUT2D eigenvalue weighted by molar-refractivity contribution is -0.137. The van der Waals surface area contributed by atoms with Crippen LogP contribution in [0, 0.1) is 12.7 Å². The quantitative estimate of drug-likeness (QED) is 0.767. The topological polar surface area (TPSA) is 24.9 Å². The molecule has 1 aromatic heterocycles. The number of alkyl halides is 3. The summed E-state index contributed by atoms with van der Waals surface area (Å²) in [6.45, 7) is 1.72. The van der Waals surface area contributed by atoms with Gasteiger partial charge in [-0.1, -0.05) is 0 Å². The third-order valence-electron chi connectivity index (χ3n) is 2.58. The van der Waals surface area contributed by atoms with E-state index in [0.717, 1.165) is 10.5 Å². The number of pyridine rings is 1. The minimum absolute atomic E-state index is 0.268. The zero-order chi connectivity index (χ0) is 14.9. The number of hydrogen-bond donors (Lipinski definition) is 1. The molecular weight excluding hydrogens is 340 g/mol. The van der Waals surface area contributed by atoms with Gasteiger partial charge in [0, 0.05) is 4.47 Å². The Bertz CT molecular complexity index is 641. The molecular formula is C13H9BrF4N2. The van der Waals surface area contributed by atoms with Gasteiger partial charge in [-0.15, -0.1) is 0 Å². The van der Waals surface area contributed by atoms with Crippen molar-refractivity contribution < 1.29 is 17.6 Å². The van der Waals surface area contributed by atoms with Gasteiger partial charge in [-0.2, -0.15) is 13.2 Å². The van der Waals surface area contributed by atoms with Crippen molar-refractivity contribution in [2.24, 2.45) is 0 Å². The Morgan fingerprint density at radius 1 is 1.15 bits per heavy atom. The average molecular weight is 349 g/mol. The Hall–Kier alpha value is -1.63. The van der Waals surface area contributed by atoms with E-state index in [2.05, 4.69) is 26.2 Å². The summed E-state index contributed by atoms with van der Waals surface area (Å²) in [7, 11) is 0. The van der Waals surface area contributed by atoms with Crippen molar-refractivity contribution in [2.75, 3.05) is 5.32 Å². The summed E-state index contributed by atoms with van der Waals surface area (Å²) in [6, 6.07) is 5.40. The fraction of sp³-hybridized carbons (Fsp3) is 0.154. The van der Waals surface area contributed by atoms with Gasteiger partial charge in [0.05, 0.1) is 16.9 Å². The fourth-order valence-corrected chi connectivity index (χ4v) is 1.77. The van der Waals surface area contributed by atoms with Crippen molar-refractivity contribution in [2.45, 2.75) is 13.1 Å². The van der Waals surface area contributed by atoms with Gasteiger partial charge in [0.25, 0.3) is 0 Å². The maximum absolute atomic E-state index is 13.6. The molecule has 0 aliphatic heterocycles. The van der Waals surface area contributed by atoms with Crippen LogP contribution < -0.4 is 5.32 Å². The van der Waals surface area contributed by atoms with Crippen LogP contribution in [0.1, 0.15) is 11.3 Å². The van der Waals surface area contributed by atoms with Crippen LogP contribution in [0.15, 0.2) is 34.8 Å². The maximum Gasteiger partial charge on any atom is 0.416 e. The molecule has 1 heterocycles. The summed E-state index contributed by atoms with van der Waals surface area (Å²) in [5.74, 6) is -0.510. The van der Waals surface area contributed by atoms with E-state index in [4.69, 9.17) is 0 Å². The molecule has 7 heteroatoms. The first-order valence-corrected chi connectivity index (χ1v) is 6.33. The number of hydrogen-bond acceptors (Lipinski definition) is 2. The van der Waals surface area contributed by atoms with Gasteiger partial charge < -0.3 is 5.32 Å². The molecule has 0 atom stereocenters. The first kappa shape index (κ1) is 14.8. The Balaban J connectivity index is 2.35. The van der Waals surface area contributed by atoms with E-state index in [-0.39, 0.29) is 11.5 Å². The number of halogens is 5. The number of nitrogens with one attached hydrogen (secondary N) is 1. The molecule has 1 N–H and O–H groups in total. The molecule has 0 bridgehead atoms. The summed E-state index contributed by atoms with van der Waals surface area (Å²) in [5.41, 5.74) is -0.549. The highest BCUT2D eigenvalue weighted by Gasteiger charge is 2.31. The molecule has 0 unspecified atom stereocenters. The van der Waals surface area contributed by atoms with Crippen LogP contribution in [0.5, 0.6) is 0 Å². The number of aromatic nitrogens is 1. The number of aryl methyl sites for hydroxylation is 1. The van der Waals surface area contributed by atoms with E-state index in [0.29, 0.717) is 17.8 Å². The molecule has 0 fully saturated rings. The Morgan fingerprint density at radius 3 is 2.45 bits per heavy atom. The molecule has 20 heavy (non-hydrogen) atoms. The summed E-state index contributed by atoms with van der Waals surface area (Å²) < 4.78 is 52.1. The van der Waals surface area contributed by atoms with Crippen LogP contribution in [-0.4, -0.2) is 4.98 Å². The SMILES string of the molecule is Cc1nc(Nc2cc(C(F)(F)F)ccc2F)ccc1Br. The van der Waals surface area contributed by atoms with Gasteiger partial charge in [0.15, 0.2) is 0 Å². The highest BCUT2D eigenvalue weighted by molar-refractivity contribution is 9.10. The van der Waals surface area contributed by atoms with Crippen molar-refractivity contribution in [1.29, 1.82) is 0 Å². The number of benzene rings is 1. The molecule has 0 spiro atoms. The van der Waals surface area contributed by atoms with Crippen LogP contribution in [0.25, 0.3) is 0 Å². The molecule has 2 aromatic rings. The van der Waals surface area contributed by atoms with Crippen LogP contribution in [0.2, 0.25) is 0 Å². The predicted molar refractivity (Wildman–Crippen MR) is 71.4 cm³/mol. The van der Waals surface area contributed by atoms with Crippen LogP contribution in [0.4, 0.5) is 29.1 Å². The zero-order valence-corrected chi connectivity index (χ0v) is 11.8. The maximum atomic E-state index is 13.6. The van der Waals surface area contributed by atoms with E-state index < -0.39 is 17.6 Å².